The fourth-order valence-electron chi connectivity index (χ4n) is 3.39. The topological polar surface area (TPSA) is 137 Å². The Morgan fingerprint density at radius 1 is 1.09 bits per heavy atom. The first-order valence-electron chi connectivity index (χ1n) is 10.7. The molecule has 1 aliphatic heterocycles. The summed E-state index contributed by atoms with van der Waals surface area (Å²) in [6.07, 6.45) is 4.14. The Morgan fingerprint density at radius 3 is 2.38 bits per heavy atom. The fourth-order valence-corrected chi connectivity index (χ4v) is 3.86. The van der Waals surface area contributed by atoms with Crippen LogP contribution in [0.3, 0.4) is 0 Å². The molecule has 1 heterocycles. The number of carboxylic acids is 1. The Morgan fingerprint density at radius 2 is 1.78 bits per heavy atom. The summed E-state index contributed by atoms with van der Waals surface area (Å²) in [6.45, 7) is 2.12. The van der Waals surface area contributed by atoms with Gasteiger partial charge in [-0.1, -0.05) is 30.3 Å². The monoisotopic (exact) mass is 464 g/mol. The summed E-state index contributed by atoms with van der Waals surface area (Å²) in [4.78, 5) is 49.6. The zero-order valence-corrected chi connectivity index (χ0v) is 19.2. The van der Waals surface area contributed by atoms with E-state index in [1.807, 2.05) is 36.6 Å². The van der Waals surface area contributed by atoms with E-state index in [-0.39, 0.29) is 18.4 Å². The lowest BCUT2D eigenvalue weighted by Crippen LogP contribution is -2.57. The summed E-state index contributed by atoms with van der Waals surface area (Å²) in [7, 11) is 0. The van der Waals surface area contributed by atoms with Crippen LogP contribution in [0.5, 0.6) is 0 Å². The average molecular weight is 465 g/mol. The minimum atomic E-state index is -1.17. The molecule has 1 saturated heterocycles. The van der Waals surface area contributed by atoms with Crippen molar-refractivity contribution >= 4 is 35.5 Å². The van der Waals surface area contributed by atoms with Crippen LogP contribution in [-0.4, -0.2) is 71.5 Å². The highest BCUT2D eigenvalue weighted by Gasteiger charge is 2.30. The number of hydrogen-bond acceptors (Lipinski definition) is 6. The van der Waals surface area contributed by atoms with Crippen LogP contribution < -0.4 is 21.3 Å². The summed E-state index contributed by atoms with van der Waals surface area (Å²) in [5, 5.41) is 20.2. The molecule has 0 aromatic heterocycles. The standard InChI is InChI=1S/C22H32N4O5S/c1-14(22(30)31)24-21(29)18(13-15-7-4-3-5-8-15)26-20(28)17(10-12-32-2)25-19(27)16-9-6-11-23-16/h3-5,7-8,14,16-18,23H,6,9-13H2,1-2H3,(H,24,29)(H,25,27)(H,26,28)(H,30,31). The van der Waals surface area contributed by atoms with Gasteiger partial charge in [-0.05, 0) is 50.3 Å². The SMILES string of the molecule is CSCCC(NC(=O)C1CCCN1)C(=O)NC(Cc1ccccc1)C(=O)NC(C)C(=O)O. The van der Waals surface area contributed by atoms with Crippen LogP contribution in [-0.2, 0) is 25.6 Å². The van der Waals surface area contributed by atoms with Crippen molar-refractivity contribution in [2.24, 2.45) is 0 Å². The van der Waals surface area contributed by atoms with Crippen molar-refractivity contribution in [2.45, 2.75) is 56.8 Å². The zero-order chi connectivity index (χ0) is 23.5. The van der Waals surface area contributed by atoms with Crippen molar-refractivity contribution in [1.82, 2.24) is 21.3 Å². The van der Waals surface area contributed by atoms with Crippen LogP contribution in [0.2, 0.25) is 0 Å². The van der Waals surface area contributed by atoms with Gasteiger partial charge < -0.3 is 26.4 Å². The third kappa shape index (κ3) is 8.16. The molecule has 1 aromatic carbocycles. The second-order valence-corrected chi connectivity index (χ2v) is 8.80. The van der Waals surface area contributed by atoms with E-state index < -0.39 is 35.9 Å². The molecule has 4 atom stereocenters. The Balaban J connectivity index is 2.12. The van der Waals surface area contributed by atoms with Crippen molar-refractivity contribution in [3.8, 4) is 0 Å². The van der Waals surface area contributed by atoms with Crippen LogP contribution in [0.1, 0.15) is 31.7 Å². The van der Waals surface area contributed by atoms with Crippen LogP contribution >= 0.6 is 11.8 Å². The lowest BCUT2D eigenvalue weighted by molar-refractivity contribution is -0.141. The Kier molecular flexibility index (Phi) is 10.5. The lowest BCUT2D eigenvalue weighted by atomic mass is 10.0. The minimum Gasteiger partial charge on any atom is -0.480 e. The van der Waals surface area contributed by atoms with Gasteiger partial charge in [-0.2, -0.15) is 11.8 Å². The number of carboxylic acid groups (broad SMARTS) is 1. The summed E-state index contributed by atoms with van der Waals surface area (Å²) < 4.78 is 0. The van der Waals surface area contributed by atoms with Gasteiger partial charge in [-0.25, -0.2) is 0 Å². The molecule has 1 aliphatic rings. The van der Waals surface area contributed by atoms with E-state index >= 15 is 0 Å². The highest BCUT2D eigenvalue weighted by molar-refractivity contribution is 7.98. The van der Waals surface area contributed by atoms with Crippen LogP contribution in [0.4, 0.5) is 0 Å². The number of nitrogens with one attached hydrogen (secondary N) is 4. The highest BCUT2D eigenvalue weighted by Crippen LogP contribution is 2.09. The number of rotatable bonds is 12. The summed E-state index contributed by atoms with van der Waals surface area (Å²) in [6, 6.07) is 5.94. The zero-order valence-electron chi connectivity index (χ0n) is 18.4. The second kappa shape index (κ2) is 13.1. The molecule has 5 N–H and O–H groups in total. The third-order valence-corrected chi connectivity index (χ3v) is 5.91. The van der Waals surface area contributed by atoms with E-state index in [1.165, 1.54) is 6.92 Å². The van der Waals surface area contributed by atoms with Crippen molar-refractivity contribution < 1.29 is 24.3 Å². The van der Waals surface area contributed by atoms with Crippen molar-refractivity contribution in [2.75, 3.05) is 18.6 Å². The van der Waals surface area contributed by atoms with Crippen LogP contribution in [0, 0.1) is 0 Å². The average Bonchev–Trinajstić information content (AvgIpc) is 3.31. The van der Waals surface area contributed by atoms with Crippen LogP contribution in [0.25, 0.3) is 0 Å². The minimum absolute atomic E-state index is 0.193. The molecule has 9 nitrogen and oxygen atoms in total. The molecule has 32 heavy (non-hydrogen) atoms. The van der Waals surface area contributed by atoms with Crippen molar-refractivity contribution in [3.63, 3.8) is 0 Å². The maximum Gasteiger partial charge on any atom is 0.325 e. The first-order valence-corrected chi connectivity index (χ1v) is 12.1. The summed E-state index contributed by atoms with van der Waals surface area (Å²) >= 11 is 1.55. The van der Waals surface area contributed by atoms with E-state index in [4.69, 9.17) is 5.11 Å². The summed E-state index contributed by atoms with van der Waals surface area (Å²) in [5.41, 5.74) is 0.816. The molecular weight excluding hydrogens is 432 g/mol. The Hall–Kier alpha value is -2.59. The first kappa shape index (κ1) is 25.7. The van der Waals surface area contributed by atoms with Gasteiger partial charge in [0.05, 0.1) is 6.04 Å². The van der Waals surface area contributed by atoms with Gasteiger partial charge in [0, 0.05) is 6.42 Å². The fraction of sp³-hybridized carbons (Fsp3) is 0.545. The second-order valence-electron chi connectivity index (χ2n) is 7.81. The number of carbonyl (C=O) groups excluding carboxylic acids is 3. The van der Waals surface area contributed by atoms with E-state index in [0.29, 0.717) is 12.2 Å². The van der Waals surface area contributed by atoms with E-state index in [2.05, 4.69) is 21.3 Å². The molecule has 0 aliphatic carbocycles. The molecule has 4 unspecified atom stereocenters. The maximum absolute atomic E-state index is 13.1. The van der Waals surface area contributed by atoms with Gasteiger partial charge in [0.25, 0.3) is 0 Å². The van der Waals surface area contributed by atoms with Gasteiger partial charge in [0.2, 0.25) is 17.7 Å². The number of carbonyl (C=O) groups is 4. The van der Waals surface area contributed by atoms with E-state index in [1.54, 1.807) is 11.8 Å². The normalized spacial score (nSPS) is 18.2. The number of thioether (sulfide) groups is 1. The first-order chi connectivity index (χ1) is 15.3. The van der Waals surface area contributed by atoms with Gasteiger partial charge in [-0.3, -0.25) is 19.2 Å². The molecular formula is C22H32N4O5S. The molecule has 176 valence electrons. The van der Waals surface area contributed by atoms with Crippen molar-refractivity contribution in [1.29, 1.82) is 0 Å². The van der Waals surface area contributed by atoms with Gasteiger partial charge in [0.15, 0.2) is 0 Å². The molecule has 1 aromatic rings. The predicted molar refractivity (Wildman–Crippen MR) is 123 cm³/mol. The highest BCUT2D eigenvalue weighted by atomic mass is 32.2. The van der Waals surface area contributed by atoms with E-state index in [0.717, 1.165) is 24.9 Å². The largest absolute Gasteiger partial charge is 0.480 e. The molecule has 0 bridgehead atoms. The van der Waals surface area contributed by atoms with E-state index in [9.17, 15) is 19.2 Å². The third-order valence-electron chi connectivity index (χ3n) is 5.27. The molecule has 0 saturated carbocycles. The number of aliphatic carboxylic acids is 1. The number of amides is 3. The van der Waals surface area contributed by atoms with Gasteiger partial charge in [0.1, 0.15) is 18.1 Å². The smallest absolute Gasteiger partial charge is 0.325 e. The Labute approximate surface area is 192 Å². The molecule has 1 fully saturated rings. The molecule has 3 amide bonds. The molecule has 0 spiro atoms. The predicted octanol–water partition coefficient (Wildman–Crippen LogP) is 0.293. The molecule has 10 heteroatoms. The summed E-state index contributed by atoms with van der Waals surface area (Å²) in [5.74, 6) is -1.80. The van der Waals surface area contributed by atoms with Gasteiger partial charge >= 0.3 is 5.97 Å². The lowest BCUT2D eigenvalue weighted by Gasteiger charge is -2.25. The molecule has 0 radical (unpaired) electrons. The number of benzene rings is 1. The number of hydrogen-bond donors (Lipinski definition) is 5. The van der Waals surface area contributed by atoms with Gasteiger partial charge in [-0.15, -0.1) is 0 Å². The Bertz CT molecular complexity index is 786. The quantitative estimate of drug-likeness (QED) is 0.300. The van der Waals surface area contributed by atoms with Crippen LogP contribution in [0.15, 0.2) is 30.3 Å². The maximum atomic E-state index is 13.1. The van der Waals surface area contributed by atoms with Crippen molar-refractivity contribution in [3.05, 3.63) is 35.9 Å². The molecule has 2 rings (SSSR count).